The maximum Gasteiger partial charge on any atom is 0.407 e. The molecule has 0 radical (unpaired) electrons. The van der Waals surface area contributed by atoms with Crippen molar-refractivity contribution in [1.29, 1.82) is 0 Å². The maximum atomic E-state index is 12.1. The lowest BCUT2D eigenvalue weighted by atomic mass is 10.2. The van der Waals surface area contributed by atoms with Gasteiger partial charge in [-0.3, -0.25) is 4.79 Å². The van der Waals surface area contributed by atoms with E-state index in [1.54, 1.807) is 32.9 Å². The minimum atomic E-state index is -0.553. The Bertz CT molecular complexity index is 693. The number of hydrogen-bond donors (Lipinski definition) is 2. The summed E-state index contributed by atoms with van der Waals surface area (Å²) in [7, 11) is 0. The average Bonchev–Trinajstić information content (AvgIpc) is 3.04. The molecule has 9 heteroatoms. The number of carbonyl (C=O) groups excluding carboxylic acids is 2. The van der Waals surface area contributed by atoms with Crippen molar-refractivity contribution in [1.82, 2.24) is 30.4 Å². The summed E-state index contributed by atoms with van der Waals surface area (Å²) in [5, 5.41) is 9.24. The molecule has 2 rings (SSSR count). The number of nitrogens with one attached hydrogen (secondary N) is 2. The van der Waals surface area contributed by atoms with Crippen molar-refractivity contribution in [3.05, 3.63) is 36.5 Å². The number of aromatic nitrogens is 4. The van der Waals surface area contributed by atoms with E-state index in [4.69, 9.17) is 4.74 Å². The van der Waals surface area contributed by atoms with Crippen LogP contribution in [0.1, 0.15) is 31.1 Å². The summed E-state index contributed by atoms with van der Waals surface area (Å²) in [5.74, 6) is 0.219. The van der Waals surface area contributed by atoms with Gasteiger partial charge in [0.05, 0.1) is 0 Å². The predicted molar refractivity (Wildman–Crippen MR) is 85.7 cm³/mol. The van der Waals surface area contributed by atoms with Gasteiger partial charge in [0.15, 0.2) is 5.82 Å². The molecule has 2 N–H and O–H groups in total. The van der Waals surface area contributed by atoms with Crippen LogP contribution < -0.4 is 10.6 Å². The van der Waals surface area contributed by atoms with Gasteiger partial charge in [-0.2, -0.15) is 5.10 Å². The number of nitrogens with zero attached hydrogens (tertiary/aromatic N) is 4. The zero-order valence-corrected chi connectivity index (χ0v) is 13.8. The zero-order chi connectivity index (χ0) is 17.6. The van der Waals surface area contributed by atoms with E-state index in [0.717, 1.165) is 0 Å². The minimum absolute atomic E-state index is 0.266. The Hall–Kier alpha value is -2.97. The van der Waals surface area contributed by atoms with Crippen molar-refractivity contribution in [2.75, 3.05) is 13.1 Å². The summed E-state index contributed by atoms with van der Waals surface area (Å²) >= 11 is 0. The van der Waals surface area contributed by atoms with E-state index in [9.17, 15) is 9.59 Å². The van der Waals surface area contributed by atoms with Gasteiger partial charge in [0.1, 0.15) is 18.3 Å². The second-order valence-corrected chi connectivity index (χ2v) is 5.93. The van der Waals surface area contributed by atoms with Crippen LogP contribution >= 0.6 is 0 Å². The van der Waals surface area contributed by atoms with Crippen molar-refractivity contribution in [2.24, 2.45) is 0 Å². The Morgan fingerprint density at radius 2 is 2.00 bits per heavy atom. The number of hydrogen-bond acceptors (Lipinski definition) is 6. The van der Waals surface area contributed by atoms with Gasteiger partial charge in [-0.15, -0.1) is 0 Å². The third-order valence-electron chi connectivity index (χ3n) is 2.74. The zero-order valence-electron chi connectivity index (χ0n) is 13.8. The van der Waals surface area contributed by atoms with Crippen LogP contribution in [0.5, 0.6) is 0 Å². The molecule has 0 saturated heterocycles. The first-order chi connectivity index (χ1) is 11.3. The summed E-state index contributed by atoms with van der Waals surface area (Å²) in [4.78, 5) is 31.6. The van der Waals surface area contributed by atoms with E-state index in [2.05, 4.69) is 25.7 Å². The maximum absolute atomic E-state index is 12.1. The van der Waals surface area contributed by atoms with Crippen LogP contribution in [0.25, 0.3) is 5.82 Å². The molecule has 128 valence electrons. The number of pyridine rings is 1. The standard InChI is InChI=1S/C15H20N6O3/c1-15(2,3)24-14(23)19-7-6-18-13(22)11-4-5-17-12(8-11)21-10-16-9-20-21/h4-5,8-10H,6-7H2,1-3H3,(H,18,22)(H,19,23). The first-order valence-corrected chi connectivity index (χ1v) is 7.41. The van der Waals surface area contributed by atoms with Gasteiger partial charge in [0, 0.05) is 24.8 Å². The number of amides is 2. The fourth-order valence-electron chi connectivity index (χ4n) is 1.77. The molecule has 24 heavy (non-hydrogen) atoms. The van der Waals surface area contributed by atoms with Crippen LogP contribution in [-0.2, 0) is 4.74 Å². The van der Waals surface area contributed by atoms with Crippen molar-refractivity contribution in [2.45, 2.75) is 26.4 Å². The number of rotatable bonds is 5. The largest absolute Gasteiger partial charge is 0.444 e. The second-order valence-electron chi connectivity index (χ2n) is 5.93. The van der Waals surface area contributed by atoms with Crippen molar-refractivity contribution >= 4 is 12.0 Å². The lowest BCUT2D eigenvalue weighted by Gasteiger charge is -2.19. The first kappa shape index (κ1) is 17.4. The molecule has 0 aromatic carbocycles. The van der Waals surface area contributed by atoms with Gasteiger partial charge < -0.3 is 15.4 Å². The molecule has 0 spiro atoms. The average molecular weight is 332 g/mol. The van der Waals surface area contributed by atoms with E-state index in [1.165, 1.54) is 23.5 Å². The van der Waals surface area contributed by atoms with Crippen LogP contribution in [0.15, 0.2) is 31.0 Å². The molecule has 2 heterocycles. The van der Waals surface area contributed by atoms with Gasteiger partial charge in [-0.25, -0.2) is 19.4 Å². The van der Waals surface area contributed by atoms with Gasteiger partial charge in [-0.1, -0.05) is 0 Å². The Labute approximate surface area is 139 Å². The molecule has 0 saturated carbocycles. The molecule has 0 fully saturated rings. The van der Waals surface area contributed by atoms with Crippen LogP contribution in [0.4, 0.5) is 4.79 Å². The molecule has 2 aromatic heterocycles. The molecule has 0 atom stereocenters. The highest BCUT2D eigenvalue weighted by atomic mass is 16.6. The summed E-state index contributed by atoms with van der Waals surface area (Å²) in [6, 6.07) is 3.20. The van der Waals surface area contributed by atoms with Gasteiger partial charge >= 0.3 is 6.09 Å². The smallest absolute Gasteiger partial charge is 0.407 e. The van der Waals surface area contributed by atoms with E-state index in [1.807, 2.05) is 0 Å². The fourth-order valence-corrected chi connectivity index (χ4v) is 1.77. The van der Waals surface area contributed by atoms with Gasteiger partial charge in [0.25, 0.3) is 5.91 Å². The van der Waals surface area contributed by atoms with Crippen molar-refractivity contribution in [3.8, 4) is 5.82 Å². The molecular formula is C15H20N6O3. The van der Waals surface area contributed by atoms with E-state index in [0.29, 0.717) is 11.4 Å². The summed E-state index contributed by atoms with van der Waals surface area (Å²) in [6.45, 7) is 5.89. The predicted octanol–water partition coefficient (Wildman–Crippen LogP) is 0.917. The van der Waals surface area contributed by atoms with E-state index >= 15 is 0 Å². The lowest BCUT2D eigenvalue weighted by molar-refractivity contribution is 0.0526. The van der Waals surface area contributed by atoms with Gasteiger partial charge in [-0.05, 0) is 32.9 Å². The van der Waals surface area contributed by atoms with Crippen molar-refractivity contribution < 1.29 is 14.3 Å². The number of alkyl carbamates (subject to hydrolysis) is 1. The van der Waals surface area contributed by atoms with Crippen LogP contribution in [-0.4, -0.2) is 50.4 Å². The molecule has 9 nitrogen and oxygen atoms in total. The Morgan fingerprint density at radius 3 is 2.67 bits per heavy atom. The number of carbonyl (C=O) groups is 2. The molecular weight excluding hydrogens is 312 g/mol. The molecule has 0 unspecified atom stereocenters. The molecule has 0 aliphatic heterocycles. The fraction of sp³-hybridized carbons (Fsp3) is 0.400. The Morgan fingerprint density at radius 1 is 1.25 bits per heavy atom. The highest BCUT2D eigenvalue weighted by molar-refractivity contribution is 5.94. The summed E-state index contributed by atoms with van der Waals surface area (Å²) < 4.78 is 6.56. The Balaban J connectivity index is 1.81. The minimum Gasteiger partial charge on any atom is -0.444 e. The van der Waals surface area contributed by atoms with Crippen molar-refractivity contribution in [3.63, 3.8) is 0 Å². The molecule has 0 aliphatic carbocycles. The second kappa shape index (κ2) is 7.53. The third kappa shape index (κ3) is 5.34. The summed E-state index contributed by atoms with van der Waals surface area (Å²) in [6.07, 6.45) is 3.88. The molecule has 0 bridgehead atoms. The molecule has 2 aromatic rings. The SMILES string of the molecule is CC(C)(C)OC(=O)NCCNC(=O)c1ccnc(-n2cncn2)c1. The monoisotopic (exact) mass is 332 g/mol. The molecule has 2 amide bonds. The first-order valence-electron chi connectivity index (χ1n) is 7.41. The van der Waals surface area contributed by atoms with Gasteiger partial charge in [0.2, 0.25) is 0 Å². The highest BCUT2D eigenvalue weighted by Gasteiger charge is 2.15. The third-order valence-corrected chi connectivity index (χ3v) is 2.74. The normalized spacial score (nSPS) is 11.0. The molecule has 0 aliphatic rings. The Kier molecular flexibility index (Phi) is 5.46. The quantitative estimate of drug-likeness (QED) is 0.788. The topological polar surface area (TPSA) is 111 Å². The number of ether oxygens (including phenoxy) is 1. The van der Waals surface area contributed by atoms with Crippen LogP contribution in [0.2, 0.25) is 0 Å². The highest BCUT2D eigenvalue weighted by Crippen LogP contribution is 2.06. The van der Waals surface area contributed by atoms with E-state index < -0.39 is 11.7 Å². The van der Waals surface area contributed by atoms with E-state index in [-0.39, 0.29) is 19.0 Å². The van der Waals surface area contributed by atoms with Crippen LogP contribution in [0, 0.1) is 0 Å². The van der Waals surface area contributed by atoms with Crippen LogP contribution in [0.3, 0.4) is 0 Å². The lowest BCUT2D eigenvalue weighted by Crippen LogP contribution is -2.37. The summed E-state index contributed by atoms with van der Waals surface area (Å²) in [5.41, 5.74) is -0.116.